The molecule has 0 radical (unpaired) electrons. The third kappa shape index (κ3) is 4.74. The topological polar surface area (TPSA) is 60.9 Å². The van der Waals surface area contributed by atoms with Gasteiger partial charge in [0.05, 0.1) is 6.42 Å². The van der Waals surface area contributed by atoms with Crippen molar-refractivity contribution < 1.29 is 14.7 Å². The van der Waals surface area contributed by atoms with E-state index in [0.29, 0.717) is 12.0 Å². The van der Waals surface area contributed by atoms with Crippen LogP contribution < -0.4 is 4.90 Å². The molecule has 32 heavy (non-hydrogen) atoms. The van der Waals surface area contributed by atoms with Crippen LogP contribution in [0.5, 0.6) is 0 Å². The molecule has 1 aliphatic carbocycles. The standard InChI is InChI=1S/C25H26N2O3S2/c28-23(26(25(31)32)15-14-24(29)30)13-11-17-10-12-22-20(16-17)19-8-4-5-9-21(19)27(22)18-6-2-1-3-7-18/h1-3,6-7,10-13,16,19,21H,4-5,8-9,14-15H2,(H,29,30)(H,31,32)/b13-11+. The number of anilines is 2. The number of carbonyl (C=O) groups is 2. The van der Waals surface area contributed by atoms with Gasteiger partial charge in [0.15, 0.2) is 0 Å². The van der Waals surface area contributed by atoms with Gasteiger partial charge in [0, 0.05) is 36.0 Å². The van der Waals surface area contributed by atoms with Crippen molar-refractivity contribution >= 4 is 58.5 Å². The minimum absolute atomic E-state index is 0.000811. The molecule has 2 aliphatic rings. The molecule has 5 nitrogen and oxygen atoms in total. The number of nitrogens with zero attached hydrogens (tertiary/aromatic N) is 2. The van der Waals surface area contributed by atoms with Gasteiger partial charge in [0.25, 0.3) is 5.91 Å². The van der Waals surface area contributed by atoms with Gasteiger partial charge >= 0.3 is 5.97 Å². The van der Waals surface area contributed by atoms with Gasteiger partial charge in [-0.15, -0.1) is 12.6 Å². The van der Waals surface area contributed by atoms with Gasteiger partial charge in [0.1, 0.15) is 4.32 Å². The van der Waals surface area contributed by atoms with E-state index in [2.05, 4.69) is 53.9 Å². The van der Waals surface area contributed by atoms with Crippen molar-refractivity contribution in [2.45, 2.75) is 44.1 Å². The van der Waals surface area contributed by atoms with Crippen molar-refractivity contribution in [2.75, 3.05) is 11.4 Å². The molecule has 2 aromatic carbocycles. The lowest BCUT2D eigenvalue weighted by atomic mass is 9.82. The van der Waals surface area contributed by atoms with Gasteiger partial charge in [-0.2, -0.15) is 0 Å². The van der Waals surface area contributed by atoms with Gasteiger partial charge in [-0.3, -0.25) is 14.5 Å². The first-order chi connectivity index (χ1) is 15.5. The van der Waals surface area contributed by atoms with Crippen LogP contribution in [0, 0.1) is 0 Å². The van der Waals surface area contributed by atoms with Gasteiger partial charge in [0.2, 0.25) is 0 Å². The molecule has 0 saturated heterocycles. The quantitative estimate of drug-likeness (QED) is 0.339. The Morgan fingerprint density at radius 2 is 1.91 bits per heavy atom. The molecule has 2 aromatic rings. The number of para-hydroxylation sites is 1. The predicted molar refractivity (Wildman–Crippen MR) is 135 cm³/mol. The molecule has 2 atom stereocenters. The number of thiol groups is 1. The van der Waals surface area contributed by atoms with Gasteiger partial charge in [-0.05, 0) is 54.3 Å². The molecule has 1 N–H and O–H groups in total. The number of hydrogen-bond donors (Lipinski definition) is 2. The van der Waals surface area contributed by atoms with E-state index in [9.17, 15) is 9.59 Å². The fourth-order valence-electron chi connectivity index (χ4n) is 4.84. The Kier molecular flexibility index (Phi) is 6.96. The molecular weight excluding hydrogens is 440 g/mol. The summed E-state index contributed by atoms with van der Waals surface area (Å²) in [4.78, 5) is 27.1. The van der Waals surface area contributed by atoms with Gasteiger partial charge in [-0.1, -0.05) is 49.3 Å². The van der Waals surface area contributed by atoms with Crippen molar-refractivity contribution in [3.8, 4) is 0 Å². The van der Waals surface area contributed by atoms with Crippen LogP contribution in [0.25, 0.3) is 6.08 Å². The van der Waals surface area contributed by atoms with Crippen LogP contribution in [0.4, 0.5) is 11.4 Å². The normalized spacial score (nSPS) is 19.5. The predicted octanol–water partition coefficient (Wildman–Crippen LogP) is 5.40. The largest absolute Gasteiger partial charge is 0.481 e. The summed E-state index contributed by atoms with van der Waals surface area (Å²) in [6.07, 6.45) is 7.85. The Morgan fingerprint density at radius 1 is 1.16 bits per heavy atom. The van der Waals surface area contributed by atoms with E-state index in [0.717, 1.165) is 5.56 Å². The lowest BCUT2D eigenvalue weighted by Gasteiger charge is -2.33. The number of carboxylic acid groups (broad SMARTS) is 1. The van der Waals surface area contributed by atoms with E-state index in [4.69, 9.17) is 17.3 Å². The zero-order chi connectivity index (χ0) is 22.7. The van der Waals surface area contributed by atoms with E-state index in [-0.39, 0.29) is 23.2 Å². The number of amides is 1. The maximum Gasteiger partial charge on any atom is 0.305 e. The number of fused-ring (bicyclic) bond motifs is 3. The van der Waals surface area contributed by atoms with Crippen LogP contribution in [0.1, 0.15) is 49.1 Å². The Morgan fingerprint density at radius 3 is 2.62 bits per heavy atom. The maximum absolute atomic E-state index is 12.6. The molecule has 4 rings (SSSR count). The number of rotatable bonds is 6. The van der Waals surface area contributed by atoms with Crippen LogP contribution in [-0.2, 0) is 9.59 Å². The highest BCUT2D eigenvalue weighted by molar-refractivity contribution is 8.11. The van der Waals surface area contributed by atoms with Crippen LogP contribution in [0.15, 0.2) is 54.6 Å². The third-order valence-corrected chi connectivity index (χ3v) is 6.73. The zero-order valence-corrected chi connectivity index (χ0v) is 19.4. The van der Waals surface area contributed by atoms with E-state index in [1.54, 1.807) is 6.08 Å². The zero-order valence-electron chi connectivity index (χ0n) is 17.7. The molecule has 1 saturated carbocycles. The summed E-state index contributed by atoms with van der Waals surface area (Å²) >= 11 is 9.07. The van der Waals surface area contributed by atoms with Crippen LogP contribution >= 0.6 is 24.8 Å². The summed E-state index contributed by atoms with van der Waals surface area (Å²) in [5, 5.41) is 8.89. The van der Waals surface area contributed by atoms with Crippen molar-refractivity contribution in [1.82, 2.24) is 4.90 Å². The van der Waals surface area contributed by atoms with Crippen molar-refractivity contribution in [3.05, 3.63) is 65.7 Å². The van der Waals surface area contributed by atoms with E-state index in [1.165, 1.54) is 53.6 Å². The van der Waals surface area contributed by atoms with Gasteiger partial charge < -0.3 is 10.0 Å². The van der Waals surface area contributed by atoms with E-state index >= 15 is 0 Å². The number of hydrogen-bond acceptors (Lipinski definition) is 4. The van der Waals surface area contributed by atoms with E-state index < -0.39 is 5.97 Å². The SMILES string of the molecule is O=C(O)CCN(C(=O)/C=C/c1ccc2c(c1)C1CCCCC1N2c1ccccc1)C(=S)S. The molecule has 0 spiro atoms. The number of aliphatic carboxylic acids is 1. The minimum Gasteiger partial charge on any atom is -0.481 e. The average Bonchev–Trinajstić information content (AvgIpc) is 3.11. The second-order valence-corrected chi connectivity index (χ2v) is 9.34. The Balaban J connectivity index is 1.59. The Hall–Kier alpha value is -2.64. The summed E-state index contributed by atoms with van der Waals surface area (Å²) in [5.74, 6) is -0.867. The molecule has 1 aliphatic heterocycles. The van der Waals surface area contributed by atoms with Crippen LogP contribution in [0.2, 0.25) is 0 Å². The fourth-order valence-corrected chi connectivity index (χ4v) is 5.22. The highest BCUT2D eigenvalue weighted by Gasteiger charge is 2.40. The second-order valence-electron chi connectivity index (χ2n) is 8.23. The minimum atomic E-state index is -0.986. The molecular formula is C25H26N2O3S2. The number of carbonyl (C=O) groups excluding carboxylic acids is 1. The molecule has 7 heteroatoms. The first kappa shape index (κ1) is 22.6. The monoisotopic (exact) mass is 466 g/mol. The summed E-state index contributed by atoms with van der Waals surface area (Å²) in [5.41, 5.74) is 4.74. The lowest BCUT2D eigenvalue weighted by Crippen LogP contribution is -2.33. The van der Waals surface area contributed by atoms with Crippen LogP contribution in [0.3, 0.4) is 0 Å². The van der Waals surface area contributed by atoms with Crippen molar-refractivity contribution in [1.29, 1.82) is 0 Å². The molecule has 1 amide bonds. The number of benzene rings is 2. The fraction of sp³-hybridized carbons (Fsp3) is 0.320. The number of carboxylic acids is 1. The third-order valence-electron chi connectivity index (χ3n) is 6.27. The maximum atomic E-state index is 12.6. The lowest BCUT2D eigenvalue weighted by molar-refractivity contribution is -0.137. The summed E-state index contributed by atoms with van der Waals surface area (Å²) in [6.45, 7) is 0.000811. The molecule has 0 aromatic heterocycles. The molecule has 2 unspecified atom stereocenters. The van der Waals surface area contributed by atoms with Crippen molar-refractivity contribution in [2.24, 2.45) is 0 Å². The first-order valence-corrected chi connectivity index (χ1v) is 11.7. The molecule has 166 valence electrons. The summed E-state index contributed by atoms with van der Waals surface area (Å²) < 4.78 is 0.0680. The highest BCUT2D eigenvalue weighted by Crippen LogP contribution is 2.51. The highest BCUT2D eigenvalue weighted by atomic mass is 32.1. The van der Waals surface area contributed by atoms with E-state index in [1.807, 2.05) is 12.1 Å². The second kappa shape index (κ2) is 9.88. The summed E-state index contributed by atoms with van der Waals surface area (Å²) in [6, 6.07) is 17.4. The first-order valence-electron chi connectivity index (χ1n) is 10.9. The number of thiocarbonyl (C=S) groups is 1. The smallest absolute Gasteiger partial charge is 0.305 e. The van der Waals surface area contributed by atoms with Crippen molar-refractivity contribution in [3.63, 3.8) is 0 Å². The van der Waals surface area contributed by atoms with Crippen LogP contribution in [-0.4, -0.2) is 38.8 Å². The Labute approximate surface area is 199 Å². The molecule has 0 bridgehead atoms. The summed E-state index contributed by atoms with van der Waals surface area (Å²) in [7, 11) is 0. The molecule has 1 fully saturated rings. The Bertz CT molecular complexity index is 1050. The molecule has 1 heterocycles. The van der Waals surface area contributed by atoms with Gasteiger partial charge in [-0.25, -0.2) is 0 Å². The average molecular weight is 467 g/mol.